The summed E-state index contributed by atoms with van der Waals surface area (Å²) < 4.78 is 17.8. The van der Waals surface area contributed by atoms with Crippen molar-refractivity contribution in [3.05, 3.63) is 53.6 Å². The quantitative estimate of drug-likeness (QED) is 0.446. The van der Waals surface area contributed by atoms with E-state index in [0.717, 1.165) is 42.4 Å². The highest BCUT2D eigenvalue weighted by molar-refractivity contribution is 7.99. The first-order valence-electron chi connectivity index (χ1n) is 11.1. The number of benzene rings is 2. The predicted octanol–water partition coefficient (Wildman–Crippen LogP) is 1.90. The van der Waals surface area contributed by atoms with E-state index in [1.165, 1.54) is 17.3 Å². The summed E-state index contributed by atoms with van der Waals surface area (Å²) >= 11 is 1.37. The minimum Gasteiger partial charge on any atom is -0.497 e. The molecule has 3 heterocycles. The molecule has 0 radical (unpaired) electrons. The van der Waals surface area contributed by atoms with Gasteiger partial charge in [-0.15, -0.1) is 5.10 Å². The molecule has 0 aliphatic carbocycles. The number of thioether (sulfide) groups is 1. The van der Waals surface area contributed by atoms with E-state index in [4.69, 9.17) is 14.2 Å². The predicted molar refractivity (Wildman–Crippen MR) is 125 cm³/mol. The largest absolute Gasteiger partial charge is 0.497 e. The number of hydrogen-bond acceptors (Lipinski definition) is 9. The van der Waals surface area contributed by atoms with Crippen LogP contribution in [0.5, 0.6) is 17.2 Å². The zero-order chi connectivity index (χ0) is 23.3. The highest BCUT2D eigenvalue weighted by atomic mass is 32.2. The van der Waals surface area contributed by atoms with E-state index in [2.05, 4.69) is 26.5 Å². The molecule has 1 amide bonds. The molecule has 0 unspecified atom stereocenters. The van der Waals surface area contributed by atoms with Gasteiger partial charge in [0.1, 0.15) is 5.75 Å². The Morgan fingerprint density at radius 2 is 1.76 bits per heavy atom. The highest BCUT2D eigenvalue weighted by Gasteiger charge is 2.23. The number of carbonyl (C=O) groups excluding carboxylic acids is 1. The molecule has 34 heavy (non-hydrogen) atoms. The van der Waals surface area contributed by atoms with Crippen molar-refractivity contribution < 1.29 is 19.0 Å². The van der Waals surface area contributed by atoms with Crippen LogP contribution in [0.1, 0.15) is 11.1 Å². The summed E-state index contributed by atoms with van der Waals surface area (Å²) in [5.74, 6) is 2.82. The van der Waals surface area contributed by atoms with E-state index >= 15 is 0 Å². The smallest absolute Gasteiger partial charge is 0.233 e. The number of fused-ring (bicyclic) bond motifs is 1. The van der Waals surface area contributed by atoms with Gasteiger partial charge >= 0.3 is 0 Å². The van der Waals surface area contributed by atoms with Crippen molar-refractivity contribution >= 4 is 17.7 Å². The molecule has 0 atom stereocenters. The van der Waals surface area contributed by atoms with Crippen molar-refractivity contribution in [3.63, 3.8) is 0 Å². The molecule has 1 aromatic heterocycles. The molecule has 178 valence electrons. The van der Waals surface area contributed by atoms with Gasteiger partial charge in [-0.05, 0) is 45.8 Å². The average molecular weight is 483 g/mol. The van der Waals surface area contributed by atoms with Crippen molar-refractivity contribution in [2.75, 3.05) is 45.8 Å². The van der Waals surface area contributed by atoms with Crippen LogP contribution in [0.25, 0.3) is 0 Å². The number of amides is 1. The van der Waals surface area contributed by atoms with Crippen LogP contribution >= 0.6 is 11.8 Å². The topological polar surface area (TPSA) is 94.8 Å². The van der Waals surface area contributed by atoms with Gasteiger partial charge in [0, 0.05) is 32.7 Å². The Kier molecular flexibility index (Phi) is 6.82. The summed E-state index contributed by atoms with van der Waals surface area (Å²) in [6.07, 6.45) is 0. The van der Waals surface area contributed by atoms with Crippen molar-refractivity contribution in [2.45, 2.75) is 18.2 Å². The van der Waals surface area contributed by atoms with Gasteiger partial charge in [-0.2, -0.15) is 0 Å². The van der Waals surface area contributed by atoms with Crippen LogP contribution in [0.3, 0.4) is 0 Å². The van der Waals surface area contributed by atoms with Crippen molar-refractivity contribution in [1.29, 1.82) is 0 Å². The molecule has 0 N–H and O–H groups in total. The summed E-state index contributed by atoms with van der Waals surface area (Å²) in [5.41, 5.74) is 2.24. The monoisotopic (exact) mass is 482 g/mol. The summed E-state index contributed by atoms with van der Waals surface area (Å²) in [7, 11) is 1.64. The van der Waals surface area contributed by atoms with E-state index in [1.807, 2.05) is 41.3 Å². The first-order valence-corrected chi connectivity index (χ1v) is 12.1. The zero-order valence-electron chi connectivity index (χ0n) is 18.9. The van der Waals surface area contributed by atoms with Crippen LogP contribution in [0.2, 0.25) is 0 Å². The molecule has 2 aliphatic heterocycles. The van der Waals surface area contributed by atoms with Gasteiger partial charge in [0.15, 0.2) is 11.5 Å². The minimum atomic E-state index is 0.103. The summed E-state index contributed by atoms with van der Waals surface area (Å²) in [6.45, 7) is 4.73. The third-order valence-electron chi connectivity index (χ3n) is 5.88. The van der Waals surface area contributed by atoms with Gasteiger partial charge in [-0.3, -0.25) is 9.69 Å². The van der Waals surface area contributed by atoms with Gasteiger partial charge in [-0.1, -0.05) is 30.0 Å². The highest BCUT2D eigenvalue weighted by Crippen LogP contribution is 2.32. The third-order valence-corrected chi connectivity index (χ3v) is 6.83. The molecule has 0 spiro atoms. The van der Waals surface area contributed by atoms with Crippen LogP contribution in [0, 0.1) is 0 Å². The second kappa shape index (κ2) is 10.3. The normalized spacial score (nSPS) is 15.5. The molecular weight excluding hydrogens is 456 g/mol. The van der Waals surface area contributed by atoms with E-state index in [1.54, 1.807) is 11.8 Å². The summed E-state index contributed by atoms with van der Waals surface area (Å²) in [6, 6.07) is 13.8. The van der Waals surface area contributed by atoms with Gasteiger partial charge in [0.05, 0.1) is 19.4 Å². The fraction of sp³-hybridized carbons (Fsp3) is 0.391. The van der Waals surface area contributed by atoms with Crippen molar-refractivity contribution in [2.24, 2.45) is 0 Å². The molecule has 3 aromatic rings. The number of hydrogen-bond donors (Lipinski definition) is 0. The Hall–Kier alpha value is -3.31. The SMILES string of the molecule is COc1ccc(Cn2nnnc2SCC(=O)N2CCN(Cc3ccc4c(c3)OCO4)CC2)cc1. The van der Waals surface area contributed by atoms with Crippen molar-refractivity contribution in [1.82, 2.24) is 30.0 Å². The lowest BCUT2D eigenvalue weighted by Crippen LogP contribution is -2.48. The zero-order valence-corrected chi connectivity index (χ0v) is 19.7. The van der Waals surface area contributed by atoms with E-state index in [9.17, 15) is 4.79 Å². The molecular formula is C23H26N6O4S. The molecule has 1 fully saturated rings. The Balaban J connectivity index is 1.09. The van der Waals surface area contributed by atoms with Gasteiger partial charge in [-0.25, -0.2) is 4.68 Å². The maximum Gasteiger partial charge on any atom is 0.233 e. The number of methoxy groups -OCH3 is 1. The van der Waals surface area contributed by atoms with Crippen LogP contribution < -0.4 is 14.2 Å². The van der Waals surface area contributed by atoms with Crippen LogP contribution in [-0.4, -0.2) is 81.7 Å². The summed E-state index contributed by atoms with van der Waals surface area (Å²) in [5, 5.41) is 12.6. The second-order valence-corrected chi connectivity index (χ2v) is 9.04. The Morgan fingerprint density at radius 3 is 2.56 bits per heavy atom. The average Bonchev–Trinajstić information content (AvgIpc) is 3.52. The minimum absolute atomic E-state index is 0.103. The first-order chi connectivity index (χ1) is 16.7. The van der Waals surface area contributed by atoms with Gasteiger partial charge in [0.25, 0.3) is 0 Å². The van der Waals surface area contributed by atoms with Crippen LogP contribution in [0.15, 0.2) is 47.6 Å². The van der Waals surface area contributed by atoms with Crippen molar-refractivity contribution in [3.8, 4) is 17.2 Å². The fourth-order valence-corrected chi connectivity index (χ4v) is 4.75. The molecule has 11 heteroatoms. The number of piperazine rings is 1. The molecule has 5 rings (SSSR count). The van der Waals surface area contributed by atoms with Crippen LogP contribution in [-0.2, 0) is 17.9 Å². The number of aromatic nitrogens is 4. The molecule has 2 aromatic carbocycles. The number of ether oxygens (including phenoxy) is 3. The molecule has 2 aliphatic rings. The van der Waals surface area contributed by atoms with E-state index in [-0.39, 0.29) is 12.7 Å². The molecule has 10 nitrogen and oxygen atoms in total. The van der Waals surface area contributed by atoms with Gasteiger partial charge in [0.2, 0.25) is 17.9 Å². The Bertz CT molecular complexity index is 1130. The lowest BCUT2D eigenvalue weighted by Gasteiger charge is -2.34. The molecule has 1 saturated heterocycles. The second-order valence-electron chi connectivity index (χ2n) is 8.10. The van der Waals surface area contributed by atoms with E-state index in [0.29, 0.717) is 30.5 Å². The number of nitrogens with zero attached hydrogens (tertiary/aromatic N) is 6. The fourth-order valence-electron chi connectivity index (χ4n) is 3.97. The number of tetrazole rings is 1. The maximum atomic E-state index is 12.8. The van der Waals surface area contributed by atoms with Gasteiger partial charge < -0.3 is 19.1 Å². The first kappa shape index (κ1) is 22.5. The Morgan fingerprint density at radius 1 is 1.00 bits per heavy atom. The molecule has 0 saturated carbocycles. The lowest BCUT2D eigenvalue weighted by atomic mass is 10.1. The lowest BCUT2D eigenvalue weighted by molar-refractivity contribution is -0.130. The van der Waals surface area contributed by atoms with E-state index < -0.39 is 0 Å². The Labute approximate surface area is 201 Å². The summed E-state index contributed by atoms with van der Waals surface area (Å²) in [4.78, 5) is 17.1. The van der Waals surface area contributed by atoms with Crippen LogP contribution in [0.4, 0.5) is 0 Å². The number of carbonyl (C=O) groups is 1. The third kappa shape index (κ3) is 5.26. The standard InChI is InChI=1S/C23H26N6O4S/c1-31-19-5-2-17(3-6-19)14-29-23(24-25-26-29)34-15-22(30)28-10-8-27(9-11-28)13-18-4-7-20-21(12-18)33-16-32-20/h2-7,12H,8-11,13-16H2,1H3. The maximum absolute atomic E-state index is 12.8. The number of rotatable bonds is 8. The molecule has 0 bridgehead atoms.